The SMILES string of the molecule is CC(=C/c1ccc2c(c1)C(C)(C)CCC2(C)C)/C(C=N)=C/C=C(\C)C=O. The van der Waals surface area contributed by atoms with E-state index in [-0.39, 0.29) is 10.8 Å². The number of fused-ring (bicyclic) bond motifs is 1. The molecule has 2 heteroatoms. The van der Waals surface area contributed by atoms with E-state index in [2.05, 4.69) is 52.0 Å². The van der Waals surface area contributed by atoms with Gasteiger partial charge in [0.15, 0.2) is 0 Å². The predicted octanol–water partition coefficient (Wildman–Crippen LogP) is 6.16. The fourth-order valence-electron chi connectivity index (χ4n) is 3.58. The van der Waals surface area contributed by atoms with Gasteiger partial charge in [-0.1, -0.05) is 64.1 Å². The highest BCUT2D eigenvalue weighted by atomic mass is 16.1. The third-order valence-electron chi connectivity index (χ3n) is 5.58. The molecule has 1 N–H and O–H groups in total. The van der Waals surface area contributed by atoms with Gasteiger partial charge in [-0.3, -0.25) is 4.79 Å². The molecule has 0 bridgehead atoms. The van der Waals surface area contributed by atoms with Crippen molar-refractivity contribution in [2.45, 2.75) is 65.2 Å². The van der Waals surface area contributed by atoms with Crippen LogP contribution in [0.5, 0.6) is 0 Å². The highest BCUT2D eigenvalue weighted by molar-refractivity contribution is 5.86. The third kappa shape index (κ3) is 4.30. The Hall–Kier alpha value is -2.22. The van der Waals surface area contributed by atoms with E-state index in [0.29, 0.717) is 5.57 Å². The number of hydrogen-bond acceptors (Lipinski definition) is 2. The van der Waals surface area contributed by atoms with Crippen LogP contribution in [-0.2, 0) is 15.6 Å². The van der Waals surface area contributed by atoms with E-state index >= 15 is 0 Å². The van der Waals surface area contributed by atoms with Gasteiger partial charge in [0.1, 0.15) is 6.29 Å². The average molecular weight is 350 g/mol. The molecule has 0 aromatic heterocycles. The number of carbonyl (C=O) groups excluding carboxylic acids is 1. The summed E-state index contributed by atoms with van der Waals surface area (Å²) in [7, 11) is 0. The summed E-state index contributed by atoms with van der Waals surface area (Å²) in [6.07, 6.45) is 10.3. The average Bonchev–Trinajstić information content (AvgIpc) is 2.59. The predicted molar refractivity (Wildman–Crippen MR) is 112 cm³/mol. The highest BCUT2D eigenvalue weighted by Gasteiger charge is 2.36. The van der Waals surface area contributed by atoms with Crippen molar-refractivity contribution >= 4 is 18.6 Å². The van der Waals surface area contributed by atoms with E-state index in [9.17, 15) is 4.79 Å². The van der Waals surface area contributed by atoms with Crippen molar-refractivity contribution in [3.8, 4) is 0 Å². The van der Waals surface area contributed by atoms with Crippen LogP contribution in [0.15, 0.2) is 47.1 Å². The van der Waals surface area contributed by atoms with E-state index in [1.165, 1.54) is 30.2 Å². The van der Waals surface area contributed by atoms with Crippen LogP contribution < -0.4 is 0 Å². The van der Waals surface area contributed by atoms with Crippen molar-refractivity contribution < 1.29 is 4.79 Å². The van der Waals surface area contributed by atoms with Crippen LogP contribution in [0.2, 0.25) is 0 Å². The molecule has 1 aliphatic rings. The molecule has 0 spiro atoms. The first kappa shape index (κ1) is 20.1. The van der Waals surface area contributed by atoms with Gasteiger partial charge in [-0.05, 0) is 70.9 Å². The van der Waals surface area contributed by atoms with Crippen LogP contribution in [-0.4, -0.2) is 12.5 Å². The molecule has 26 heavy (non-hydrogen) atoms. The monoisotopic (exact) mass is 349 g/mol. The molecule has 0 amide bonds. The molecule has 1 aromatic rings. The van der Waals surface area contributed by atoms with E-state index in [1.807, 2.05) is 13.0 Å². The molecular weight excluding hydrogens is 318 g/mol. The van der Waals surface area contributed by atoms with Crippen LogP contribution in [0.4, 0.5) is 0 Å². The van der Waals surface area contributed by atoms with Gasteiger partial charge in [0, 0.05) is 6.21 Å². The first-order chi connectivity index (χ1) is 12.1. The molecular formula is C24H31NO. The molecule has 0 atom stereocenters. The van der Waals surface area contributed by atoms with Crippen LogP contribution in [0.1, 0.15) is 71.1 Å². The maximum absolute atomic E-state index is 10.7. The maximum atomic E-state index is 10.7. The first-order valence-corrected chi connectivity index (χ1v) is 9.28. The molecule has 0 heterocycles. The summed E-state index contributed by atoms with van der Waals surface area (Å²) in [6, 6.07) is 6.77. The maximum Gasteiger partial charge on any atom is 0.145 e. The Labute approximate surface area is 158 Å². The Kier molecular flexibility index (Phi) is 5.85. The summed E-state index contributed by atoms with van der Waals surface area (Å²) in [5, 5.41) is 7.67. The zero-order chi connectivity index (χ0) is 19.5. The lowest BCUT2D eigenvalue weighted by atomic mass is 9.63. The molecule has 0 unspecified atom stereocenters. The van der Waals surface area contributed by atoms with E-state index in [4.69, 9.17) is 5.41 Å². The lowest BCUT2D eigenvalue weighted by Crippen LogP contribution is -2.33. The topological polar surface area (TPSA) is 40.9 Å². The third-order valence-corrected chi connectivity index (χ3v) is 5.58. The van der Waals surface area contributed by atoms with Crippen molar-refractivity contribution in [3.05, 3.63) is 63.8 Å². The normalized spacial score (nSPS) is 19.7. The summed E-state index contributed by atoms with van der Waals surface area (Å²) in [4.78, 5) is 10.7. The summed E-state index contributed by atoms with van der Waals surface area (Å²) >= 11 is 0. The van der Waals surface area contributed by atoms with Crippen LogP contribution in [0, 0.1) is 5.41 Å². The number of nitrogens with one attached hydrogen (secondary N) is 1. The second-order valence-electron chi connectivity index (χ2n) is 8.70. The molecule has 0 radical (unpaired) electrons. The van der Waals surface area contributed by atoms with Crippen molar-refractivity contribution in [2.24, 2.45) is 0 Å². The minimum atomic E-state index is 0.187. The van der Waals surface area contributed by atoms with Crippen LogP contribution in [0.25, 0.3) is 6.08 Å². The molecule has 2 nitrogen and oxygen atoms in total. The molecule has 0 saturated carbocycles. The van der Waals surface area contributed by atoms with Gasteiger partial charge in [-0.25, -0.2) is 0 Å². The standard InChI is InChI=1S/C24H31NO/c1-17(16-26)7-9-20(15-25)18(2)13-19-8-10-21-22(14-19)24(5,6)12-11-23(21,3)4/h7-10,13-16,25H,11-12H2,1-6H3/b17-7+,18-13-,20-9+,25-15?. The van der Waals surface area contributed by atoms with Gasteiger partial charge in [-0.2, -0.15) is 0 Å². The van der Waals surface area contributed by atoms with Gasteiger partial charge in [0.05, 0.1) is 0 Å². The van der Waals surface area contributed by atoms with E-state index < -0.39 is 0 Å². The molecule has 0 aliphatic heterocycles. The molecule has 0 fully saturated rings. The van der Waals surface area contributed by atoms with E-state index in [0.717, 1.165) is 23.0 Å². The molecule has 1 aliphatic carbocycles. The molecule has 1 aromatic carbocycles. The van der Waals surface area contributed by atoms with Gasteiger partial charge in [0.2, 0.25) is 0 Å². The lowest BCUT2D eigenvalue weighted by molar-refractivity contribution is -0.104. The van der Waals surface area contributed by atoms with Crippen molar-refractivity contribution in [1.29, 1.82) is 5.41 Å². The number of hydrogen-bond donors (Lipinski definition) is 1. The molecule has 0 saturated heterocycles. The Bertz CT molecular complexity index is 803. The fourth-order valence-corrected chi connectivity index (χ4v) is 3.58. The number of benzene rings is 1. The summed E-state index contributed by atoms with van der Waals surface area (Å²) in [5.74, 6) is 0. The second kappa shape index (κ2) is 7.57. The quantitative estimate of drug-likeness (QED) is 0.294. The first-order valence-electron chi connectivity index (χ1n) is 9.28. The van der Waals surface area contributed by atoms with Gasteiger partial charge < -0.3 is 5.41 Å². The second-order valence-corrected chi connectivity index (χ2v) is 8.70. The van der Waals surface area contributed by atoms with Crippen molar-refractivity contribution in [3.63, 3.8) is 0 Å². The minimum Gasteiger partial charge on any atom is -0.308 e. The largest absolute Gasteiger partial charge is 0.308 e. The molecule has 138 valence electrons. The summed E-state index contributed by atoms with van der Waals surface area (Å²) < 4.78 is 0. The van der Waals surface area contributed by atoms with Gasteiger partial charge >= 0.3 is 0 Å². The Morgan fingerprint density at radius 2 is 1.62 bits per heavy atom. The van der Waals surface area contributed by atoms with Crippen molar-refractivity contribution in [2.75, 3.05) is 0 Å². The smallest absolute Gasteiger partial charge is 0.145 e. The zero-order valence-electron chi connectivity index (χ0n) is 16.9. The Morgan fingerprint density at radius 3 is 2.19 bits per heavy atom. The number of aldehydes is 1. The lowest BCUT2D eigenvalue weighted by Gasteiger charge is -2.42. The fraction of sp³-hybridized carbons (Fsp3) is 0.417. The summed E-state index contributed by atoms with van der Waals surface area (Å²) in [6.45, 7) is 13.1. The Morgan fingerprint density at radius 1 is 1.00 bits per heavy atom. The summed E-state index contributed by atoms with van der Waals surface area (Å²) in [5.41, 5.74) is 6.94. The number of carbonyl (C=O) groups is 1. The highest BCUT2D eigenvalue weighted by Crippen LogP contribution is 2.46. The number of allylic oxidation sites excluding steroid dienone is 5. The van der Waals surface area contributed by atoms with Gasteiger partial charge in [0.25, 0.3) is 0 Å². The van der Waals surface area contributed by atoms with Gasteiger partial charge in [-0.15, -0.1) is 0 Å². The minimum absolute atomic E-state index is 0.187. The zero-order valence-corrected chi connectivity index (χ0v) is 16.9. The number of rotatable bonds is 5. The van der Waals surface area contributed by atoms with Crippen LogP contribution in [0.3, 0.4) is 0 Å². The van der Waals surface area contributed by atoms with Crippen molar-refractivity contribution in [1.82, 2.24) is 0 Å². The Balaban J connectivity index is 2.45. The van der Waals surface area contributed by atoms with Crippen LogP contribution >= 0.6 is 0 Å². The molecule has 2 rings (SSSR count). The van der Waals surface area contributed by atoms with E-state index in [1.54, 1.807) is 13.0 Å².